The van der Waals surface area contributed by atoms with Crippen molar-refractivity contribution in [1.82, 2.24) is 18.0 Å². The van der Waals surface area contributed by atoms with Gasteiger partial charge in [0, 0.05) is 6.07 Å². The standard InChI is InChI=1S/C8H4ClF2IN4/c9-7-2-4(13-3-14-7)6-1-5(8(10)11)15-16(6)12/h1-3,8H. The Labute approximate surface area is 108 Å². The van der Waals surface area contributed by atoms with Crippen molar-refractivity contribution in [2.24, 2.45) is 0 Å². The molecule has 0 aliphatic heterocycles. The van der Waals surface area contributed by atoms with Crippen LogP contribution in [0.3, 0.4) is 0 Å². The molecule has 0 amide bonds. The minimum atomic E-state index is -2.60. The van der Waals surface area contributed by atoms with Crippen LogP contribution in [0.2, 0.25) is 5.15 Å². The van der Waals surface area contributed by atoms with Gasteiger partial charge in [0.1, 0.15) is 17.2 Å². The molecule has 0 aliphatic carbocycles. The SMILES string of the molecule is FC(F)c1cc(-c2cc(Cl)ncn2)n(I)n1. The highest BCUT2D eigenvalue weighted by molar-refractivity contribution is 14.1. The van der Waals surface area contributed by atoms with Crippen LogP contribution < -0.4 is 0 Å². The van der Waals surface area contributed by atoms with Crippen LogP contribution in [0, 0.1) is 0 Å². The van der Waals surface area contributed by atoms with Gasteiger partial charge in [-0.05, 0) is 6.07 Å². The number of hydrogen-bond acceptors (Lipinski definition) is 3. The lowest BCUT2D eigenvalue weighted by Crippen LogP contribution is -1.90. The molecule has 16 heavy (non-hydrogen) atoms. The van der Waals surface area contributed by atoms with Crippen LogP contribution in [0.5, 0.6) is 0 Å². The van der Waals surface area contributed by atoms with Crippen molar-refractivity contribution in [3.8, 4) is 11.4 Å². The molecule has 8 heteroatoms. The fraction of sp³-hybridized carbons (Fsp3) is 0.125. The quantitative estimate of drug-likeness (QED) is 0.613. The molecule has 2 rings (SSSR count). The van der Waals surface area contributed by atoms with Gasteiger partial charge in [-0.3, -0.25) is 0 Å². The molecule has 2 heterocycles. The van der Waals surface area contributed by atoms with Gasteiger partial charge in [0.15, 0.2) is 0 Å². The monoisotopic (exact) mass is 356 g/mol. The van der Waals surface area contributed by atoms with Gasteiger partial charge in [-0.25, -0.2) is 21.6 Å². The summed E-state index contributed by atoms with van der Waals surface area (Å²) >= 11 is 7.48. The van der Waals surface area contributed by atoms with Crippen molar-refractivity contribution in [3.05, 3.63) is 29.3 Å². The summed E-state index contributed by atoms with van der Waals surface area (Å²) in [4.78, 5) is 7.65. The van der Waals surface area contributed by atoms with Crippen LogP contribution in [-0.2, 0) is 0 Å². The third-order valence-electron chi connectivity index (χ3n) is 1.81. The average Bonchev–Trinajstić information content (AvgIpc) is 2.60. The van der Waals surface area contributed by atoms with Crippen LogP contribution in [0.15, 0.2) is 18.5 Å². The van der Waals surface area contributed by atoms with Crippen molar-refractivity contribution >= 4 is 34.5 Å². The second-order valence-corrected chi connectivity index (χ2v) is 4.14. The van der Waals surface area contributed by atoms with Crippen molar-refractivity contribution in [2.45, 2.75) is 6.43 Å². The van der Waals surface area contributed by atoms with E-state index >= 15 is 0 Å². The minimum absolute atomic E-state index is 0.251. The largest absolute Gasteiger partial charge is 0.282 e. The number of nitrogens with zero attached hydrogens (tertiary/aromatic N) is 4. The van der Waals surface area contributed by atoms with E-state index in [0.29, 0.717) is 11.4 Å². The molecular weight excluding hydrogens is 352 g/mol. The average molecular weight is 357 g/mol. The van der Waals surface area contributed by atoms with Gasteiger partial charge in [-0.1, -0.05) is 11.6 Å². The van der Waals surface area contributed by atoms with E-state index in [2.05, 4.69) is 15.1 Å². The van der Waals surface area contributed by atoms with E-state index < -0.39 is 6.43 Å². The van der Waals surface area contributed by atoms with Gasteiger partial charge >= 0.3 is 0 Å². The van der Waals surface area contributed by atoms with Gasteiger partial charge in [0.05, 0.1) is 34.3 Å². The highest BCUT2D eigenvalue weighted by atomic mass is 127. The predicted octanol–water partition coefficient (Wildman–Crippen LogP) is 3.13. The zero-order chi connectivity index (χ0) is 11.7. The third kappa shape index (κ3) is 2.29. The number of alkyl halides is 2. The third-order valence-corrected chi connectivity index (χ3v) is 2.75. The predicted molar refractivity (Wildman–Crippen MR) is 62.6 cm³/mol. The Morgan fingerprint density at radius 3 is 2.62 bits per heavy atom. The maximum Gasteiger partial charge on any atom is 0.282 e. The fourth-order valence-electron chi connectivity index (χ4n) is 1.13. The van der Waals surface area contributed by atoms with Gasteiger partial charge in [0.25, 0.3) is 6.43 Å². The lowest BCUT2D eigenvalue weighted by molar-refractivity contribution is 0.146. The Hall–Kier alpha value is -0.830. The first-order valence-electron chi connectivity index (χ1n) is 4.10. The lowest BCUT2D eigenvalue weighted by Gasteiger charge is -1.98. The van der Waals surface area contributed by atoms with Crippen molar-refractivity contribution in [2.75, 3.05) is 0 Å². The molecule has 0 bridgehead atoms. The summed E-state index contributed by atoms with van der Waals surface area (Å²) in [5.74, 6) is 0. The molecule has 2 aromatic heterocycles. The van der Waals surface area contributed by atoms with Crippen LogP contribution in [-0.4, -0.2) is 18.0 Å². The van der Waals surface area contributed by atoms with Crippen LogP contribution in [0.4, 0.5) is 8.78 Å². The van der Waals surface area contributed by atoms with E-state index in [1.54, 1.807) is 22.9 Å². The van der Waals surface area contributed by atoms with Crippen LogP contribution in [0.1, 0.15) is 12.1 Å². The molecule has 0 radical (unpaired) electrons. The van der Waals surface area contributed by atoms with Gasteiger partial charge in [-0.2, -0.15) is 5.10 Å². The number of hydrogen-bond donors (Lipinski definition) is 0. The zero-order valence-electron chi connectivity index (χ0n) is 7.61. The molecule has 0 aliphatic rings. The van der Waals surface area contributed by atoms with Gasteiger partial charge < -0.3 is 0 Å². The summed E-state index contributed by atoms with van der Waals surface area (Å²) < 4.78 is 26.1. The summed E-state index contributed by atoms with van der Waals surface area (Å²) in [5, 5.41) is 3.92. The molecule has 0 fully saturated rings. The molecule has 0 N–H and O–H groups in total. The van der Waals surface area contributed by atoms with Crippen LogP contribution in [0.25, 0.3) is 11.4 Å². The maximum absolute atomic E-state index is 12.4. The van der Waals surface area contributed by atoms with E-state index in [4.69, 9.17) is 11.6 Å². The fourth-order valence-corrected chi connectivity index (χ4v) is 1.91. The zero-order valence-corrected chi connectivity index (χ0v) is 10.5. The second-order valence-electron chi connectivity index (χ2n) is 2.84. The summed E-state index contributed by atoms with van der Waals surface area (Å²) in [6.07, 6.45) is -1.34. The van der Waals surface area contributed by atoms with Gasteiger partial charge in [-0.15, -0.1) is 0 Å². The Morgan fingerprint density at radius 1 is 1.31 bits per heavy atom. The normalized spacial score (nSPS) is 11.1. The van der Waals surface area contributed by atoms with Crippen molar-refractivity contribution < 1.29 is 8.78 Å². The molecule has 84 valence electrons. The highest BCUT2D eigenvalue weighted by Gasteiger charge is 2.16. The Morgan fingerprint density at radius 2 is 2.06 bits per heavy atom. The first-order valence-corrected chi connectivity index (χ1v) is 5.44. The Bertz CT molecular complexity index is 516. The second kappa shape index (κ2) is 4.58. The molecule has 2 aromatic rings. The molecule has 4 nitrogen and oxygen atoms in total. The molecule has 0 saturated heterocycles. The molecule has 0 atom stereocenters. The van der Waals surface area contributed by atoms with E-state index in [0.717, 1.165) is 0 Å². The van der Waals surface area contributed by atoms with E-state index in [1.807, 2.05) is 0 Å². The van der Waals surface area contributed by atoms with E-state index in [-0.39, 0.29) is 10.8 Å². The molecular formula is C8H4ClF2IN4. The summed E-state index contributed by atoms with van der Waals surface area (Å²) in [6.45, 7) is 0. The van der Waals surface area contributed by atoms with Crippen LogP contribution >= 0.6 is 34.5 Å². The summed E-state index contributed by atoms with van der Waals surface area (Å²) in [6, 6.07) is 2.76. The molecule has 0 saturated carbocycles. The number of aromatic nitrogens is 4. The first kappa shape index (κ1) is 11.6. The summed E-state index contributed by atoms with van der Waals surface area (Å²) in [5.41, 5.74) is 0.619. The highest BCUT2D eigenvalue weighted by Crippen LogP contribution is 2.26. The Balaban J connectivity index is 2.48. The lowest BCUT2D eigenvalue weighted by atomic mass is 10.3. The Kier molecular flexibility index (Phi) is 3.33. The molecule has 0 unspecified atom stereocenters. The van der Waals surface area contributed by atoms with E-state index in [1.165, 1.54) is 21.4 Å². The maximum atomic E-state index is 12.4. The molecule has 0 aromatic carbocycles. The topological polar surface area (TPSA) is 43.6 Å². The van der Waals surface area contributed by atoms with Crippen molar-refractivity contribution in [3.63, 3.8) is 0 Å². The summed E-state index contributed by atoms with van der Waals surface area (Å²) in [7, 11) is 0. The minimum Gasteiger partial charge on any atom is -0.235 e. The molecule has 0 spiro atoms. The van der Waals surface area contributed by atoms with Crippen molar-refractivity contribution in [1.29, 1.82) is 0 Å². The van der Waals surface area contributed by atoms with E-state index in [9.17, 15) is 8.78 Å². The number of halogens is 4. The number of rotatable bonds is 2. The van der Waals surface area contributed by atoms with Gasteiger partial charge in [0.2, 0.25) is 0 Å². The smallest absolute Gasteiger partial charge is 0.235 e. The first-order chi connectivity index (χ1) is 7.58.